The predicted octanol–water partition coefficient (Wildman–Crippen LogP) is 0.614. The van der Waals surface area contributed by atoms with Gasteiger partial charge in [0.05, 0.1) is 0 Å². The summed E-state index contributed by atoms with van der Waals surface area (Å²) >= 11 is 0. The maximum Gasteiger partial charge on any atom is 0.00703 e. The Balaban J connectivity index is 2.08. The molecule has 1 nitrogen and oxygen atoms in total. The Morgan fingerprint density at radius 3 is 2.57 bits per heavy atom. The van der Waals surface area contributed by atoms with Crippen molar-refractivity contribution in [2.75, 3.05) is 6.54 Å². The zero-order chi connectivity index (χ0) is 4.85. The van der Waals surface area contributed by atoms with Gasteiger partial charge in [0, 0.05) is 6.04 Å². The zero-order valence-electron chi connectivity index (χ0n) is 4.65. The summed E-state index contributed by atoms with van der Waals surface area (Å²) in [6, 6.07) is 0.838. The Morgan fingerprint density at radius 2 is 2.43 bits per heavy atom. The minimum absolute atomic E-state index is 0.838. The molecule has 2 rings (SSSR count). The van der Waals surface area contributed by atoms with Gasteiger partial charge < -0.3 is 5.32 Å². The van der Waals surface area contributed by atoms with Crippen molar-refractivity contribution < 1.29 is 0 Å². The minimum Gasteiger partial charge on any atom is -0.314 e. The van der Waals surface area contributed by atoms with Gasteiger partial charge in [-0.3, -0.25) is 0 Å². The summed E-state index contributed by atoms with van der Waals surface area (Å²) in [5.41, 5.74) is 0. The van der Waals surface area contributed by atoms with Crippen molar-refractivity contribution in [1.29, 1.82) is 0 Å². The van der Waals surface area contributed by atoms with E-state index < -0.39 is 0 Å². The summed E-state index contributed by atoms with van der Waals surface area (Å²) in [5.74, 6) is 2.15. The summed E-state index contributed by atoms with van der Waals surface area (Å²) in [4.78, 5) is 0. The van der Waals surface area contributed by atoms with Crippen molar-refractivity contribution in [2.45, 2.75) is 19.4 Å². The minimum atomic E-state index is 0.838. The van der Waals surface area contributed by atoms with E-state index in [1.165, 1.54) is 13.0 Å². The highest BCUT2D eigenvalue weighted by Gasteiger charge is 2.45. The first-order chi connectivity index (χ1) is 3.38. The summed E-state index contributed by atoms with van der Waals surface area (Å²) in [6.45, 7) is 3.59. The van der Waals surface area contributed by atoms with E-state index in [-0.39, 0.29) is 0 Å². The van der Waals surface area contributed by atoms with Gasteiger partial charge in [0.15, 0.2) is 0 Å². The van der Waals surface area contributed by atoms with Crippen LogP contribution in [0.2, 0.25) is 0 Å². The van der Waals surface area contributed by atoms with Crippen LogP contribution in [-0.2, 0) is 0 Å². The normalized spacial score (nSPS) is 57.0. The third kappa shape index (κ3) is 0.418. The fourth-order valence-corrected chi connectivity index (χ4v) is 1.61. The molecule has 1 N–H and O–H groups in total. The van der Waals surface area contributed by atoms with Crippen LogP contribution in [-0.4, -0.2) is 12.6 Å². The van der Waals surface area contributed by atoms with Crippen LogP contribution in [0.5, 0.6) is 0 Å². The summed E-state index contributed by atoms with van der Waals surface area (Å²) < 4.78 is 0. The maximum atomic E-state index is 3.42. The van der Waals surface area contributed by atoms with Gasteiger partial charge in [0.2, 0.25) is 0 Å². The molecule has 0 spiro atoms. The van der Waals surface area contributed by atoms with E-state index in [1.807, 2.05) is 0 Å². The first-order valence-electron chi connectivity index (χ1n) is 3.11. The molecule has 1 heterocycles. The molecule has 3 atom stereocenters. The van der Waals surface area contributed by atoms with E-state index in [2.05, 4.69) is 12.2 Å². The first kappa shape index (κ1) is 3.90. The van der Waals surface area contributed by atoms with E-state index in [4.69, 9.17) is 0 Å². The van der Waals surface area contributed by atoms with Crippen LogP contribution in [0.1, 0.15) is 13.3 Å². The first-order valence-corrected chi connectivity index (χ1v) is 3.11. The van der Waals surface area contributed by atoms with E-state index in [9.17, 15) is 0 Å². The highest BCUT2D eigenvalue weighted by Crippen LogP contribution is 2.44. The lowest BCUT2D eigenvalue weighted by Gasteiger charge is -2.01. The largest absolute Gasteiger partial charge is 0.314 e. The van der Waals surface area contributed by atoms with Crippen molar-refractivity contribution in [1.82, 2.24) is 5.32 Å². The fraction of sp³-hybridized carbons (Fsp3) is 1.00. The lowest BCUT2D eigenvalue weighted by molar-refractivity contribution is 0.579. The number of fused-ring (bicyclic) bond motifs is 1. The topological polar surface area (TPSA) is 12.0 Å². The molecule has 0 bridgehead atoms. The van der Waals surface area contributed by atoms with Crippen LogP contribution in [0.4, 0.5) is 0 Å². The van der Waals surface area contributed by atoms with E-state index in [0.717, 1.165) is 17.9 Å². The second-order valence-electron chi connectivity index (χ2n) is 2.86. The Labute approximate surface area is 44.1 Å². The number of hydrogen-bond donors (Lipinski definition) is 1. The average molecular weight is 97.2 g/mol. The molecule has 1 heteroatoms. The fourth-order valence-electron chi connectivity index (χ4n) is 1.61. The smallest absolute Gasteiger partial charge is 0.00703 e. The van der Waals surface area contributed by atoms with Gasteiger partial charge >= 0.3 is 0 Å². The third-order valence-corrected chi connectivity index (χ3v) is 2.32. The SMILES string of the molecule is C[C@@H]1NC[C@@H]2C[C@@H]21. The van der Waals surface area contributed by atoms with Crippen molar-refractivity contribution >= 4 is 0 Å². The van der Waals surface area contributed by atoms with Gasteiger partial charge in [0.25, 0.3) is 0 Å². The number of rotatable bonds is 0. The highest BCUT2D eigenvalue weighted by molar-refractivity contribution is 5.00. The quantitative estimate of drug-likeness (QED) is 0.467. The Bertz CT molecular complexity index is 90.2. The second kappa shape index (κ2) is 1.03. The maximum absolute atomic E-state index is 3.42. The number of hydrogen-bond acceptors (Lipinski definition) is 1. The molecule has 2 aliphatic rings. The third-order valence-electron chi connectivity index (χ3n) is 2.32. The molecule has 0 radical (unpaired) electrons. The van der Waals surface area contributed by atoms with Gasteiger partial charge in [-0.05, 0) is 31.7 Å². The van der Waals surface area contributed by atoms with Crippen LogP contribution in [0.25, 0.3) is 0 Å². The zero-order valence-corrected chi connectivity index (χ0v) is 4.65. The van der Waals surface area contributed by atoms with Crippen molar-refractivity contribution in [3.05, 3.63) is 0 Å². The standard InChI is InChI=1S/C6H11N/c1-4-6-2-5(6)3-7-4/h4-7H,2-3H2,1H3/t4-,5-,6+/m0/s1. The van der Waals surface area contributed by atoms with Gasteiger partial charge in [-0.15, -0.1) is 0 Å². The molecule has 0 amide bonds. The van der Waals surface area contributed by atoms with Crippen LogP contribution in [0, 0.1) is 11.8 Å². The number of nitrogens with one attached hydrogen (secondary N) is 1. The molecule has 0 aromatic carbocycles. The molecule has 0 aromatic rings. The lowest BCUT2D eigenvalue weighted by Crippen LogP contribution is -2.21. The van der Waals surface area contributed by atoms with Gasteiger partial charge in [-0.1, -0.05) is 0 Å². The number of piperidine rings is 1. The predicted molar refractivity (Wildman–Crippen MR) is 29.1 cm³/mol. The van der Waals surface area contributed by atoms with Crippen LogP contribution >= 0.6 is 0 Å². The van der Waals surface area contributed by atoms with Crippen molar-refractivity contribution in [2.24, 2.45) is 11.8 Å². The summed E-state index contributed by atoms with van der Waals surface area (Å²) in [6.07, 6.45) is 1.51. The van der Waals surface area contributed by atoms with Gasteiger partial charge in [0.1, 0.15) is 0 Å². The highest BCUT2D eigenvalue weighted by atomic mass is 15.0. The molecule has 2 fully saturated rings. The average Bonchev–Trinajstić information content (AvgIpc) is 2.33. The monoisotopic (exact) mass is 97.1 g/mol. The van der Waals surface area contributed by atoms with Crippen molar-refractivity contribution in [3.63, 3.8) is 0 Å². The molecule has 1 aliphatic carbocycles. The summed E-state index contributed by atoms with van der Waals surface area (Å²) in [5, 5.41) is 3.42. The van der Waals surface area contributed by atoms with E-state index >= 15 is 0 Å². The molecule has 0 unspecified atom stereocenters. The summed E-state index contributed by atoms with van der Waals surface area (Å²) in [7, 11) is 0. The molecule has 1 aliphatic heterocycles. The Hall–Kier alpha value is -0.0400. The van der Waals surface area contributed by atoms with E-state index in [0.29, 0.717) is 0 Å². The molecule has 1 saturated heterocycles. The Morgan fingerprint density at radius 1 is 1.57 bits per heavy atom. The second-order valence-corrected chi connectivity index (χ2v) is 2.86. The molecule has 0 aromatic heterocycles. The van der Waals surface area contributed by atoms with E-state index in [1.54, 1.807) is 0 Å². The van der Waals surface area contributed by atoms with Crippen molar-refractivity contribution in [3.8, 4) is 0 Å². The molecular formula is C6H11N. The molecule has 40 valence electrons. The molecule has 1 saturated carbocycles. The lowest BCUT2D eigenvalue weighted by atomic mass is 10.2. The molecule has 7 heavy (non-hydrogen) atoms. The molecular weight excluding hydrogens is 86.1 g/mol. The van der Waals surface area contributed by atoms with Gasteiger partial charge in [-0.2, -0.15) is 0 Å². The van der Waals surface area contributed by atoms with Crippen LogP contribution < -0.4 is 5.32 Å². The Kier molecular flexibility index (Phi) is 0.571. The van der Waals surface area contributed by atoms with Gasteiger partial charge in [-0.25, -0.2) is 0 Å². The van der Waals surface area contributed by atoms with Crippen LogP contribution in [0.3, 0.4) is 0 Å². The van der Waals surface area contributed by atoms with Crippen LogP contribution in [0.15, 0.2) is 0 Å².